The number of hydrogen-bond donors (Lipinski definition) is 0. The average Bonchev–Trinajstić information content (AvgIpc) is 2.75. The van der Waals surface area contributed by atoms with Crippen LogP contribution in [0.15, 0.2) is 30.5 Å². The number of ketones is 1. The minimum atomic E-state index is -0.0728. The van der Waals surface area contributed by atoms with E-state index in [1.54, 1.807) is 43.2 Å². The van der Waals surface area contributed by atoms with Crippen LogP contribution in [0, 0.1) is 6.92 Å². The number of benzene rings is 1. The molecule has 0 unspecified atom stereocenters. The second-order valence-corrected chi connectivity index (χ2v) is 3.89. The van der Waals surface area contributed by atoms with Crippen molar-refractivity contribution in [1.82, 2.24) is 9.78 Å². The highest BCUT2D eigenvalue weighted by Gasteiger charge is 2.12. The second kappa shape index (κ2) is 4.41. The molecule has 0 saturated carbocycles. The van der Waals surface area contributed by atoms with Gasteiger partial charge in [-0.05, 0) is 36.8 Å². The Bertz CT molecular complexity index is 558. The normalized spacial score (nSPS) is 10.3. The van der Waals surface area contributed by atoms with Gasteiger partial charge in [-0.15, -0.1) is 0 Å². The molecule has 0 bridgehead atoms. The fraction of sp³-hybridized carbons (Fsp3) is 0.231. The number of nitrogens with zero attached hydrogens (tertiary/aromatic N) is 2. The van der Waals surface area contributed by atoms with Gasteiger partial charge in [0.05, 0.1) is 7.11 Å². The summed E-state index contributed by atoms with van der Waals surface area (Å²) in [5.74, 6) is 0.707. The number of rotatable bonds is 3. The first kappa shape index (κ1) is 11.4. The van der Waals surface area contributed by atoms with Gasteiger partial charge < -0.3 is 4.74 Å². The summed E-state index contributed by atoms with van der Waals surface area (Å²) in [5.41, 5.74) is 2.02. The van der Waals surface area contributed by atoms with Crippen LogP contribution in [0.2, 0.25) is 0 Å². The highest BCUT2D eigenvalue weighted by atomic mass is 16.5. The topological polar surface area (TPSA) is 44.1 Å². The van der Waals surface area contributed by atoms with Crippen molar-refractivity contribution in [3.05, 3.63) is 47.3 Å². The summed E-state index contributed by atoms with van der Waals surface area (Å²) in [5, 5.41) is 4.10. The van der Waals surface area contributed by atoms with E-state index >= 15 is 0 Å². The van der Waals surface area contributed by atoms with Crippen LogP contribution >= 0.6 is 0 Å². The van der Waals surface area contributed by atoms with Crippen LogP contribution in [0.1, 0.15) is 21.6 Å². The van der Waals surface area contributed by atoms with Gasteiger partial charge in [0.25, 0.3) is 0 Å². The molecule has 0 atom stereocenters. The van der Waals surface area contributed by atoms with Gasteiger partial charge in [0.1, 0.15) is 11.4 Å². The Morgan fingerprint density at radius 1 is 1.35 bits per heavy atom. The van der Waals surface area contributed by atoms with Crippen LogP contribution in [0.25, 0.3) is 0 Å². The molecule has 0 N–H and O–H groups in total. The van der Waals surface area contributed by atoms with Gasteiger partial charge in [0.2, 0.25) is 5.78 Å². The van der Waals surface area contributed by atoms with Gasteiger partial charge in [0, 0.05) is 18.8 Å². The highest BCUT2D eigenvalue weighted by Crippen LogP contribution is 2.19. The monoisotopic (exact) mass is 230 g/mol. The SMILES string of the molecule is COc1ccc(C(=O)c2ccn(C)n2)cc1C. The van der Waals surface area contributed by atoms with Gasteiger partial charge in [0.15, 0.2) is 0 Å². The molecule has 0 aliphatic carbocycles. The molecule has 0 fully saturated rings. The van der Waals surface area contributed by atoms with Crippen LogP contribution in [0.4, 0.5) is 0 Å². The zero-order valence-electron chi connectivity index (χ0n) is 10.1. The molecule has 4 nitrogen and oxygen atoms in total. The standard InChI is InChI=1S/C13H14N2O2/c1-9-8-10(4-5-12(9)17-3)13(16)11-6-7-15(2)14-11/h4-8H,1-3H3. The Morgan fingerprint density at radius 2 is 2.12 bits per heavy atom. The zero-order valence-corrected chi connectivity index (χ0v) is 10.1. The molecule has 1 aromatic carbocycles. The third kappa shape index (κ3) is 2.20. The Kier molecular flexibility index (Phi) is 2.95. The predicted octanol–water partition coefficient (Wildman–Crippen LogP) is 1.97. The number of aromatic nitrogens is 2. The fourth-order valence-corrected chi connectivity index (χ4v) is 1.70. The Labute approximate surface area is 99.8 Å². The maximum atomic E-state index is 12.1. The molecule has 2 rings (SSSR count). The molecular formula is C13H14N2O2. The van der Waals surface area contributed by atoms with Crippen LogP contribution in [-0.2, 0) is 7.05 Å². The summed E-state index contributed by atoms with van der Waals surface area (Å²) >= 11 is 0. The third-order valence-electron chi connectivity index (χ3n) is 2.60. The number of carbonyl (C=O) groups excluding carboxylic acids is 1. The molecule has 0 aliphatic rings. The molecule has 88 valence electrons. The maximum Gasteiger partial charge on any atom is 0.213 e. The highest BCUT2D eigenvalue weighted by molar-refractivity contribution is 6.07. The molecule has 1 heterocycles. The number of ether oxygens (including phenoxy) is 1. The molecule has 2 aromatic rings. The van der Waals surface area contributed by atoms with Crippen molar-refractivity contribution < 1.29 is 9.53 Å². The quantitative estimate of drug-likeness (QED) is 0.757. The van der Waals surface area contributed by atoms with Crippen molar-refractivity contribution in [2.45, 2.75) is 6.92 Å². The first-order valence-electron chi connectivity index (χ1n) is 5.31. The third-order valence-corrected chi connectivity index (χ3v) is 2.60. The predicted molar refractivity (Wildman–Crippen MR) is 64.4 cm³/mol. The molecule has 17 heavy (non-hydrogen) atoms. The largest absolute Gasteiger partial charge is 0.496 e. The summed E-state index contributed by atoms with van der Waals surface area (Å²) in [6, 6.07) is 7.08. The van der Waals surface area contributed by atoms with Crippen molar-refractivity contribution in [2.24, 2.45) is 7.05 Å². The lowest BCUT2D eigenvalue weighted by atomic mass is 10.1. The van der Waals surface area contributed by atoms with Crippen molar-refractivity contribution in [2.75, 3.05) is 7.11 Å². The van der Waals surface area contributed by atoms with E-state index in [1.165, 1.54) is 0 Å². The van der Waals surface area contributed by atoms with E-state index in [0.717, 1.165) is 11.3 Å². The number of aryl methyl sites for hydroxylation is 2. The first-order valence-corrected chi connectivity index (χ1v) is 5.31. The number of methoxy groups -OCH3 is 1. The first-order chi connectivity index (χ1) is 8.11. The van der Waals surface area contributed by atoms with Gasteiger partial charge in [-0.2, -0.15) is 5.10 Å². The van der Waals surface area contributed by atoms with Crippen molar-refractivity contribution >= 4 is 5.78 Å². The van der Waals surface area contributed by atoms with Crippen LogP contribution < -0.4 is 4.74 Å². The molecule has 1 aromatic heterocycles. The number of hydrogen-bond acceptors (Lipinski definition) is 3. The lowest BCUT2D eigenvalue weighted by molar-refractivity contribution is 0.103. The van der Waals surface area contributed by atoms with Crippen LogP contribution in [0.5, 0.6) is 5.75 Å². The van der Waals surface area contributed by atoms with Crippen molar-refractivity contribution in [1.29, 1.82) is 0 Å². The van der Waals surface area contributed by atoms with Gasteiger partial charge in [-0.25, -0.2) is 0 Å². The lowest BCUT2D eigenvalue weighted by Gasteiger charge is -2.05. The summed E-state index contributed by atoms with van der Waals surface area (Å²) in [7, 11) is 3.40. The minimum Gasteiger partial charge on any atom is -0.496 e. The molecule has 0 aliphatic heterocycles. The lowest BCUT2D eigenvalue weighted by Crippen LogP contribution is -2.04. The minimum absolute atomic E-state index is 0.0728. The molecule has 4 heteroatoms. The summed E-state index contributed by atoms with van der Waals surface area (Å²) < 4.78 is 6.77. The van der Waals surface area contributed by atoms with E-state index in [2.05, 4.69) is 5.10 Å². The van der Waals surface area contributed by atoms with Crippen molar-refractivity contribution in [3.8, 4) is 5.75 Å². The summed E-state index contributed by atoms with van der Waals surface area (Å²) in [4.78, 5) is 12.1. The molecule has 0 amide bonds. The van der Waals surface area contributed by atoms with E-state index in [0.29, 0.717) is 11.3 Å². The van der Waals surface area contributed by atoms with Crippen LogP contribution in [-0.4, -0.2) is 22.7 Å². The van der Waals surface area contributed by atoms with Gasteiger partial charge in [-0.1, -0.05) is 0 Å². The van der Waals surface area contributed by atoms with E-state index in [9.17, 15) is 4.79 Å². The summed E-state index contributed by atoms with van der Waals surface area (Å²) in [6.45, 7) is 1.91. The van der Waals surface area contributed by atoms with E-state index in [-0.39, 0.29) is 5.78 Å². The molecule has 0 radical (unpaired) electrons. The summed E-state index contributed by atoms with van der Waals surface area (Å²) in [6.07, 6.45) is 1.75. The van der Waals surface area contributed by atoms with Gasteiger partial charge in [-0.3, -0.25) is 9.48 Å². The average molecular weight is 230 g/mol. The molecule has 0 saturated heterocycles. The smallest absolute Gasteiger partial charge is 0.213 e. The van der Waals surface area contributed by atoms with E-state index in [4.69, 9.17) is 4.74 Å². The number of carbonyl (C=O) groups is 1. The maximum absolute atomic E-state index is 12.1. The van der Waals surface area contributed by atoms with Gasteiger partial charge >= 0.3 is 0 Å². The Morgan fingerprint density at radius 3 is 2.65 bits per heavy atom. The van der Waals surface area contributed by atoms with Crippen LogP contribution in [0.3, 0.4) is 0 Å². The van der Waals surface area contributed by atoms with E-state index < -0.39 is 0 Å². The Hall–Kier alpha value is -2.10. The van der Waals surface area contributed by atoms with E-state index in [1.807, 2.05) is 13.0 Å². The fourth-order valence-electron chi connectivity index (χ4n) is 1.70. The van der Waals surface area contributed by atoms with Crippen molar-refractivity contribution in [3.63, 3.8) is 0 Å². The molecule has 0 spiro atoms. The molecular weight excluding hydrogens is 216 g/mol. The zero-order chi connectivity index (χ0) is 12.4. The Balaban J connectivity index is 2.35. The second-order valence-electron chi connectivity index (χ2n) is 3.89.